The van der Waals surface area contributed by atoms with Crippen molar-refractivity contribution in [1.82, 2.24) is 9.78 Å². The van der Waals surface area contributed by atoms with Crippen LogP contribution in [0.5, 0.6) is 0 Å². The second-order valence-corrected chi connectivity index (χ2v) is 9.39. The van der Waals surface area contributed by atoms with Gasteiger partial charge in [0.15, 0.2) is 0 Å². The van der Waals surface area contributed by atoms with Gasteiger partial charge >= 0.3 is 0 Å². The largest absolute Gasteiger partial charge is 0.306 e. The van der Waals surface area contributed by atoms with Gasteiger partial charge in [-0.25, -0.2) is 4.68 Å². The van der Waals surface area contributed by atoms with Crippen molar-refractivity contribution in [1.29, 1.82) is 0 Å². The molecule has 4 rings (SSSR count). The van der Waals surface area contributed by atoms with Gasteiger partial charge in [-0.3, -0.25) is 4.79 Å². The fraction of sp³-hybridized carbons (Fsp3) is 0.185. The minimum atomic E-state index is -0.179. The van der Waals surface area contributed by atoms with E-state index in [1.54, 1.807) is 4.68 Å². The van der Waals surface area contributed by atoms with Gasteiger partial charge in [0.25, 0.3) is 5.91 Å². The molecule has 0 aliphatic rings. The third kappa shape index (κ3) is 4.76. The summed E-state index contributed by atoms with van der Waals surface area (Å²) in [4.78, 5) is 13.0. The Kier molecular flexibility index (Phi) is 5.90. The molecular weight excluding hydrogens is 418 g/mol. The Morgan fingerprint density at radius 1 is 0.906 bits per heavy atom. The summed E-state index contributed by atoms with van der Waals surface area (Å²) in [6, 6.07) is 25.1. The second kappa shape index (κ2) is 8.64. The molecule has 0 radical (unpaired) electrons. The molecule has 0 saturated carbocycles. The maximum absolute atomic E-state index is 13.0. The molecule has 4 nitrogen and oxygen atoms in total. The Balaban J connectivity index is 1.69. The third-order valence-electron chi connectivity index (χ3n) is 5.38. The number of hydrogen-bond donors (Lipinski definition) is 1. The van der Waals surface area contributed by atoms with Crippen LogP contribution >= 0.6 is 11.6 Å². The summed E-state index contributed by atoms with van der Waals surface area (Å²) in [5.74, 6) is 0.421. The van der Waals surface area contributed by atoms with Gasteiger partial charge in [-0.15, -0.1) is 0 Å². The van der Waals surface area contributed by atoms with Crippen molar-refractivity contribution in [3.8, 4) is 16.9 Å². The highest BCUT2D eigenvalue weighted by molar-refractivity contribution is 6.30. The summed E-state index contributed by atoms with van der Waals surface area (Å²) in [6.07, 6.45) is 0. The SMILES string of the molecule is Cc1ccc(-n2nc(-c3ccc(Cl)cc3)cc2NC(=O)c2ccc(C(C)(C)C)cc2)cc1. The van der Waals surface area contributed by atoms with Crippen LogP contribution in [-0.4, -0.2) is 15.7 Å². The number of aryl methyl sites for hydroxylation is 1. The molecule has 1 heterocycles. The van der Waals surface area contributed by atoms with Crippen molar-refractivity contribution in [3.05, 3.63) is 101 Å². The first-order chi connectivity index (χ1) is 15.2. The number of carbonyl (C=O) groups is 1. The summed E-state index contributed by atoms with van der Waals surface area (Å²) in [6.45, 7) is 8.50. The first kappa shape index (κ1) is 21.8. The van der Waals surface area contributed by atoms with E-state index in [1.807, 2.05) is 85.8 Å². The van der Waals surface area contributed by atoms with Crippen LogP contribution in [0.25, 0.3) is 16.9 Å². The first-order valence-electron chi connectivity index (χ1n) is 10.6. The van der Waals surface area contributed by atoms with E-state index < -0.39 is 0 Å². The molecule has 1 aromatic heterocycles. The standard InChI is InChI=1S/C27H26ClN3O/c1-18-5-15-23(16-6-18)31-25(17-24(30-31)19-9-13-22(28)14-10-19)29-26(32)20-7-11-21(12-8-20)27(2,3)4/h5-17H,1-4H3,(H,29,32). The van der Waals surface area contributed by atoms with E-state index in [9.17, 15) is 4.79 Å². The molecule has 0 spiro atoms. The fourth-order valence-corrected chi connectivity index (χ4v) is 3.55. The van der Waals surface area contributed by atoms with Crippen molar-refractivity contribution in [2.75, 3.05) is 5.32 Å². The number of benzene rings is 3. The predicted molar refractivity (Wildman–Crippen MR) is 132 cm³/mol. The Morgan fingerprint density at radius 2 is 1.53 bits per heavy atom. The Hall–Kier alpha value is -3.37. The van der Waals surface area contributed by atoms with Crippen molar-refractivity contribution in [2.45, 2.75) is 33.1 Å². The molecule has 1 N–H and O–H groups in total. The zero-order valence-electron chi connectivity index (χ0n) is 18.7. The fourth-order valence-electron chi connectivity index (χ4n) is 3.42. The van der Waals surface area contributed by atoms with Crippen molar-refractivity contribution in [2.24, 2.45) is 0 Å². The molecule has 32 heavy (non-hydrogen) atoms. The monoisotopic (exact) mass is 443 g/mol. The second-order valence-electron chi connectivity index (χ2n) is 8.95. The minimum absolute atomic E-state index is 0.0343. The number of nitrogens with zero attached hydrogens (tertiary/aromatic N) is 2. The van der Waals surface area contributed by atoms with Gasteiger partial charge in [0, 0.05) is 22.2 Å². The van der Waals surface area contributed by atoms with Crippen molar-refractivity contribution >= 4 is 23.3 Å². The number of nitrogens with one attached hydrogen (secondary N) is 1. The highest BCUT2D eigenvalue weighted by Crippen LogP contribution is 2.27. The lowest BCUT2D eigenvalue weighted by Gasteiger charge is -2.19. The molecule has 0 fully saturated rings. The predicted octanol–water partition coefficient (Wildman–Crippen LogP) is 7.05. The van der Waals surface area contributed by atoms with Crippen molar-refractivity contribution in [3.63, 3.8) is 0 Å². The van der Waals surface area contributed by atoms with Gasteiger partial charge in [-0.1, -0.05) is 74.3 Å². The van der Waals surface area contributed by atoms with Crippen LogP contribution in [0.2, 0.25) is 5.02 Å². The van der Waals surface area contributed by atoms with Gasteiger partial charge in [0.1, 0.15) is 5.82 Å². The van der Waals surface area contributed by atoms with Crippen LogP contribution in [0.4, 0.5) is 5.82 Å². The minimum Gasteiger partial charge on any atom is -0.306 e. The average Bonchev–Trinajstić information content (AvgIpc) is 3.18. The molecule has 4 aromatic rings. The summed E-state index contributed by atoms with van der Waals surface area (Å²) in [7, 11) is 0. The van der Waals surface area contributed by atoms with Gasteiger partial charge in [0.2, 0.25) is 0 Å². The van der Waals surface area contributed by atoms with E-state index in [1.165, 1.54) is 5.56 Å². The normalized spacial score (nSPS) is 11.4. The van der Waals surface area contributed by atoms with E-state index in [4.69, 9.17) is 16.7 Å². The van der Waals surface area contributed by atoms with E-state index in [0.29, 0.717) is 16.4 Å². The number of halogens is 1. The number of rotatable bonds is 4. The Labute approximate surface area is 193 Å². The molecule has 1 amide bonds. The highest BCUT2D eigenvalue weighted by atomic mass is 35.5. The highest BCUT2D eigenvalue weighted by Gasteiger charge is 2.17. The Bertz CT molecular complexity index is 1230. The zero-order valence-corrected chi connectivity index (χ0v) is 19.4. The van der Waals surface area contributed by atoms with Crippen LogP contribution in [0, 0.1) is 6.92 Å². The number of hydrogen-bond acceptors (Lipinski definition) is 2. The quantitative estimate of drug-likeness (QED) is 0.367. The molecule has 0 aliphatic carbocycles. The molecular formula is C27H26ClN3O. The van der Waals surface area contributed by atoms with Crippen LogP contribution in [0.3, 0.4) is 0 Å². The summed E-state index contributed by atoms with van der Waals surface area (Å²) >= 11 is 6.04. The maximum atomic E-state index is 13.0. The molecule has 162 valence electrons. The zero-order chi connectivity index (χ0) is 22.9. The summed E-state index contributed by atoms with van der Waals surface area (Å²) in [5.41, 5.74) is 5.52. The maximum Gasteiger partial charge on any atom is 0.256 e. The molecule has 0 saturated heterocycles. The first-order valence-corrected chi connectivity index (χ1v) is 10.9. The lowest BCUT2D eigenvalue weighted by Crippen LogP contribution is -2.16. The van der Waals surface area contributed by atoms with Crippen molar-refractivity contribution < 1.29 is 4.79 Å². The topological polar surface area (TPSA) is 46.9 Å². The number of aromatic nitrogens is 2. The van der Waals surface area contributed by atoms with Gasteiger partial charge in [-0.2, -0.15) is 5.10 Å². The Morgan fingerprint density at radius 3 is 2.12 bits per heavy atom. The smallest absolute Gasteiger partial charge is 0.256 e. The van der Waals surface area contributed by atoms with E-state index in [2.05, 4.69) is 26.1 Å². The molecule has 0 aliphatic heterocycles. The number of anilines is 1. The summed E-state index contributed by atoms with van der Waals surface area (Å²) < 4.78 is 1.75. The summed E-state index contributed by atoms with van der Waals surface area (Å²) in [5, 5.41) is 8.46. The van der Waals surface area contributed by atoms with Crippen LogP contribution in [0.1, 0.15) is 42.3 Å². The molecule has 3 aromatic carbocycles. The van der Waals surface area contributed by atoms with E-state index in [-0.39, 0.29) is 11.3 Å². The number of amides is 1. The molecule has 0 unspecified atom stereocenters. The van der Waals surface area contributed by atoms with Gasteiger partial charge < -0.3 is 5.32 Å². The van der Waals surface area contributed by atoms with E-state index in [0.717, 1.165) is 22.5 Å². The van der Waals surface area contributed by atoms with Crippen LogP contribution in [-0.2, 0) is 5.41 Å². The van der Waals surface area contributed by atoms with Gasteiger partial charge in [-0.05, 0) is 54.3 Å². The van der Waals surface area contributed by atoms with Gasteiger partial charge in [0.05, 0.1) is 11.4 Å². The van der Waals surface area contributed by atoms with Crippen LogP contribution in [0.15, 0.2) is 78.9 Å². The van der Waals surface area contributed by atoms with E-state index >= 15 is 0 Å². The lowest BCUT2D eigenvalue weighted by molar-refractivity contribution is 0.102. The number of carbonyl (C=O) groups excluding carboxylic acids is 1. The average molecular weight is 444 g/mol. The third-order valence-corrected chi connectivity index (χ3v) is 5.63. The lowest BCUT2D eigenvalue weighted by atomic mass is 9.87. The molecule has 5 heteroatoms. The molecule has 0 atom stereocenters. The van der Waals surface area contributed by atoms with Crippen LogP contribution < -0.4 is 5.32 Å². The molecule has 0 bridgehead atoms.